The third-order valence-electron chi connectivity index (χ3n) is 5.06. The summed E-state index contributed by atoms with van der Waals surface area (Å²) in [5, 5.41) is 0. The van der Waals surface area contributed by atoms with E-state index in [1.165, 1.54) is 5.56 Å². The van der Waals surface area contributed by atoms with Crippen LogP contribution >= 0.6 is 0 Å². The van der Waals surface area contributed by atoms with E-state index in [4.69, 9.17) is 10.5 Å². The summed E-state index contributed by atoms with van der Waals surface area (Å²) >= 11 is 0. The van der Waals surface area contributed by atoms with Crippen LogP contribution in [0.2, 0.25) is 0 Å². The van der Waals surface area contributed by atoms with E-state index in [1.54, 1.807) is 24.6 Å². The molecular formula is C22H30N2O3S. The molecule has 2 N–H and O–H groups in total. The van der Waals surface area contributed by atoms with Crippen molar-refractivity contribution in [2.45, 2.75) is 25.3 Å². The highest BCUT2D eigenvalue weighted by Crippen LogP contribution is 2.29. The molecule has 1 aliphatic heterocycles. The van der Waals surface area contributed by atoms with Crippen LogP contribution in [-0.4, -0.2) is 46.6 Å². The van der Waals surface area contributed by atoms with Crippen molar-refractivity contribution in [1.82, 2.24) is 4.90 Å². The summed E-state index contributed by atoms with van der Waals surface area (Å²) in [5.74, 6) is 1.25. The van der Waals surface area contributed by atoms with Crippen LogP contribution in [0, 0.1) is 0 Å². The van der Waals surface area contributed by atoms with E-state index in [2.05, 4.69) is 18.2 Å². The molecule has 0 radical (unpaired) electrons. The van der Waals surface area contributed by atoms with Crippen molar-refractivity contribution >= 4 is 15.8 Å². The van der Waals surface area contributed by atoms with Gasteiger partial charge in [0, 0.05) is 25.2 Å². The first-order chi connectivity index (χ1) is 13.4. The molecule has 28 heavy (non-hydrogen) atoms. The van der Waals surface area contributed by atoms with Crippen LogP contribution in [0.3, 0.4) is 0 Å². The number of hydrogen-bond donors (Lipinski definition) is 2. The first kappa shape index (κ1) is 20.6. The summed E-state index contributed by atoms with van der Waals surface area (Å²) in [4.78, 5) is 14.8. The molecule has 0 atom stereocenters. The van der Waals surface area contributed by atoms with Gasteiger partial charge in [-0.25, -0.2) is 0 Å². The Morgan fingerprint density at radius 3 is 2.54 bits per heavy atom. The van der Waals surface area contributed by atoms with Gasteiger partial charge < -0.3 is 15.4 Å². The number of ether oxygens (including phenoxy) is 1. The van der Waals surface area contributed by atoms with E-state index in [-0.39, 0.29) is 11.8 Å². The molecule has 1 amide bonds. The van der Waals surface area contributed by atoms with Crippen LogP contribution in [0.1, 0.15) is 40.2 Å². The zero-order valence-corrected chi connectivity index (χ0v) is 17.5. The van der Waals surface area contributed by atoms with Gasteiger partial charge in [0.2, 0.25) is 0 Å². The van der Waals surface area contributed by atoms with Gasteiger partial charge >= 0.3 is 0 Å². The van der Waals surface area contributed by atoms with Crippen LogP contribution in [0.25, 0.3) is 0 Å². The molecule has 0 aromatic heterocycles. The second-order valence-electron chi connectivity index (χ2n) is 7.89. The molecule has 6 heteroatoms. The number of amides is 1. The van der Waals surface area contributed by atoms with E-state index in [0.717, 1.165) is 31.5 Å². The smallest absolute Gasteiger partial charge is 0.253 e. The van der Waals surface area contributed by atoms with Gasteiger partial charge in [0.05, 0.1) is 0 Å². The van der Waals surface area contributed by atoms with Crippen molar-refractivity contribution in [3.05, 3.63) is 65.2 Å². The molecule has 0 bridgehead atoms. The van der Waals surface area contributed by atoms with Gasteiger partial charge in [-0.3, -0.25) is 9.00 Å². The van der Waals surface area contributed by atoms with Gasteiger partial charge in [-0.05, 0) is 60.6 Å². The minimum atomic E-state index is -2.26. The normalized spacial score (nSPS) is 16.0. The van der Waals surface area contributed by atoms with Gasteiger partial charge in [-0.2, -0.15) is 0 Å². The highest BCUT2D eigenvalue weighted by molar-refractivity contribution is 8.01. The summed E-state index contributed by atoms with van der Waals surface area (Å²) < 4.78 is 17.4. The maximum absolute atomic E-state index is 12.9. The van der Waals surface area contributed by atoms with Crippen molar-refractivity contribution < 1.29 is 13.7 Å². The Balaban J connectivity index is 1.61. The van der Waals surface area contributed by atoms with E-state index >= 15 is 0 Å². The molecule has 0 spiro atoms. The van der Waals surface area contributed by atoms with Gasteiger partial charge in [-0.15, -0.1) is 0 Å². The van der Waals surface area contributed by atoms with Crippen molar-refractivity contribution in [3.63, 3.8) is 0 Å². The summed E-state index contributed by atoms with van der Waals surface area (Å²) in [6.45, 7) is 2.02. The Labute approximate surface area is 168 Å². The third kappa shape index (κ3) is 5.42. The van der Waals surface area contributed by atoms with Crippen molar-refractivity contribution in [2.24, 2.45) is 5.73 Å². The van der Waals surface area contributed by atoms with Gasteiger partial charge in [-0.1, -0.05) is 40.3 Å². The fourth-order valence-electron chi connectivity index (χ4n) is 3.52. The summed E-state index contributed by atoms with van der Waals surface area (Å²) in [6, 6.07) is 15.6. The van der Waals surface area contributed by atoms with Crippen LogP contribution in [0.15, 0.2) is 48.5 Å². The predicted octanol–water partition coefficient (Wildman–Crippen LogP) is 2.78. The van der Waals surface area contributed by atoms with Crippen LogP contribution < -0.4 is 10.5 Å². The molecule has 0 unspecified atom stereocenters. The van der Waals surface area contributed by atoms with Crippen molar-refractivity contribution in [1.29, 1.82) is 0 Å². The van der Waals surface area contributed by atoms with Crippen LogP contribution in [0.5, 0.6) is 5.75 Å². The molecule has 2 aromatic carbocycles. The zero-order valence-electron chi connectivity index (χ0n) is 16.6. The minimum Gasteiger partial charge on any atom is -0.482 e. The van der Waals surface area contributed by atoms with Crippen molar-refractivity contribution in [2.75, 3.05) is 31.5 Å². The van der Waals surface area contributed by atoms with Crippen molar-refractivity contribution in [3.8, 4) is 5.75 Å². The summed E-state index contributed by atoms with van der Waals surface area (Å²) in [6.07, 6.45) is 5.28. The lowest BCUT2D eigenvalue weighted by atomic mass is 9.88. The van der Waals surface area contributed by atoms with Gasteiger partial charge in [0.25, 0.3) is 5.91 Å². The Kier molecular flexibility index (Phi) is 6.52. The average Bonchev–Trinajstić information content (AvgIpc) is 2.71. The predicted molar refractivity (Wildman–Crippen MR) is 116 cm³/mol. The molecule has 2 aromatic rings. The quantitative estimate of drug-likeness (QED) is 0.729. The summed E-state index contributed by atoms with van der Waals surface area (Å²) in [7, 11) is -2.26. The largest absolute Gasteiger partial charge is 0.482 e. The number of nitrogens with two attached hydrogens (primary N) is 1. The van der Waals surface area contributed by atoms with Crippen LogP contribution in [-0.2, 0) is 16.5 Å². The highest BCUT2D eigenvalue weighted by atomic mass is 32.2. The maximum atomic E-state index is 12.9. The zero-order chi connectivity index (χ0) is 20.1. The molecule has 1 heterocycles. The third-order valence-corrected chi connectivity index (χ3v) is 5.81. The summed E-state index contributed by atoms with van der Waals surface area (Å²) in [5.41, 5.74) is 8.83. The number of thiol groups is 1. The first-order valence-corrected chi connectivity index (χ1v) is 12.5. The number of rotatable bonds is 6. The molecular weight excluding hydrogens is 372 g/mol. The lowest BCUT2D eigenvalue weighted by molar-refractivity contribution is 0.0712. The lowest BCUT2D eigenvalue weighted by Crippen LogP contribution is -2.37. The fraction of sp³-hybridized carbons (Fsp3) is 0.409. The SMILES string of the molecule is C[SH](C)(=O)COc1cccc(C(=O)N2CCC(c3cccc(CN)c3)CC2)c1. The second-order valence-corrected chi connectivity index (χ2v) is 11.3. The standard InChI is InChI=1S/C22H30N2O3S/c1-28(2,26)16-27-21-8-4-7-20(14-21)22(25)24-11-9-18(10-12-24)19-6-3-5-17(13-19)15-23/h3-8,13-14,18,28H,9-12,15-16,23H2,1-2H3. The molecule has 1 saturated heterocycles. The molecule has 152 valence electrons. The number of piperidine rings is 1. The lowest BCUT2D eigenvalue weighted by Gasteiger charge is -2.32. The fourth-order valence-corrected chi connectivity index (χ4v) is 3.98. The molecule has 0 saturated carbocycles. The Morgan fingerprint density at radius 2 is 1.86 bits per heavy atom. The average molecular weight is 403 g/mol. The maximum Gasteiger partial charge on any atom is 0.253 e. The molecule has 1 fully saturated rings. The molecule has 0 aliphatic carbocycles. The van der Waals surface area contributed by atoms with E-state index in [1.807, 2.05) is 23.1 Å². The van der Waals surface area contributed by atoms with Gasteiger partial charge in [0.15, 0.2) is 0 Å². The number of likely N-dealkylation sites (tertiary alicyclic amines) is 1. The Morgan fingerprint density at radius 1 is 1.14 bits per heavy atom. The van der Waals surface area contributed by atoms with E-state index in [0.29, 0.717) is 23.8 Å². The van der Waals surface area contributed by atoms with Gasteiger partial charge in [0.1, 0.15) is 11.7 Å². The number of hydrogen-bond acceptors (Lipinski definition) is 4. The molecule has 3 rings (SSSR count). The number of nitrogens with zero attached hydrogens (tertiary/aromatic N) is 1. The molecule has 5 nitrogen and oxygen atoms in total. The number of carbonyl (C=O) groups is 1. The number of benzene rings is 2. The van der Waals surface area contributed by atoms with Crippen LogP contribution in [0.4, 0.5) is 0 Å². The monoisotopic (exact) mass is 402 g/mol. The first-order valence-electron chi connectivity index (χ1n) is 9.71. The number of carbonyl (C=O) groups excluding carboxylic acids is 1. The molecule has 1 aliphatic rings. The second kappa shape index (κ2) is 8.88. The van der Waals surface area contributed by atoms with E-state index in [9.17, 15) is 9.00 Å². The minimum absolute atomic E-state index is 0.0239. The van der Waals surface area contributed by atoms with E-state index < -0.39 is 9.93 Å². The highest BCUT2D eigenvalue weighted by Gasteiger charge is 2.25. The Bertz CT molecular complexity index is 870. The Hall–Kier alpha value is -2.18. The topological polar surface area (TPSA) is 72.6 Å².